The molecule has 1 amide bonds. The molecule has 1 saturated heterocycles. The number of nitrogens with two attached hydrogens (primary N) is 1. The summed E-state index contributed by atoms with van der Waals surface area (Å²) in [5.74, 6) is -0.674. The van der Waals surface area contributed by atoms with Crippen LogP contribution >= 0.6 is 0 Å². The number of halogens is 3. The van der Waals surface area contributed by atoms with Crippen molar-refractivity contribution in [1.82, 2.24) is 4.90 Å². The number of anilines is 1. The number of carbonyl (C=O) groups is 1. The molecule has 0 saturated carbocycles. The van der Waals surface area contributed by atoms with Crippen LogP contribution in [0.4, 0.5) is 18.9 Å². The summed E-state index contributed by atoms with van der Waals surface area (Å²) in [6.45, 7) is 3.37. The lowest BCUT2D eigenvalue weighted by atomic mass is 9.93. The van der Waals surface area contributed by atoms with E-state index in [1.54, 1.807) is 25.1 Å². The normalized spacial score (nSPS) is 17.9. The smallest absolute Gasteiger partial charge is 0.380 e. The maximum atomic E-state index is 13.4. The van der Waals surface area contributed by atoms with Crippen LogP contribution in [0, 0.1) is 6.92 Å². The molecule has 0 radical (unpaired) electrons. The van der Waals surface area contributed by atoms with Gasteiger partial charge in [-0.2, -0.15) is 13.2 Å². The molecular formula is C20H22F3N3O. The Balaban J connectivity index is 2.17. The molecule has 7 heteroatoms. The molecule has 1 unspecified atom stereocenters. The van der Waals surface area contributed by atoms with Gasteiger partial charge in [-0.15, -0.1) is 0 Å². The molecule has 3 rings (SSSR count). The molecule has 1 fully saturated rings. The Labute approximate surface area is 156 Å². The number of alkyl halides is 3. The van der Waals surface area contributed by atoms with Gasteiger partial charge in [0.05, 0.1) is 5.56 Å². The number of carbonyl (C=O) groups excluding carboxylic acids is 1. The van der Waals surface area contributed by atoms with E-state index in [1.165, 1.54) is 6.07 Å². The van der Waals surface area contributed by atoms with E-state index >= 15 is 0 Å². The van der Waals surface area contributed by atoms with Crippen LogP contribution in [0.5, 0.6) is 0 Å². The van der Waals surface area contributed by atoms with E-state index in [9.17, 15) is 18.0 Å². The zero-order valence-corrected chi connectivity index (χ0v) is 15.2. The van der Waals surface area contributed by atoms with Gasteiger partial charge in [0.15, 0.2) is 0 Å². The summed E-state index contributed by atoms with van der Waals surface area (Å²) in [5.41, 5.74) is 6.73. The number of likely N-dealkylation sites (tertiary alicyclic amines) is 1. The number of aryl methyl sites for hydroxylation is 1. The highest BCUT2D eigenvalue weighted by Crippen LogP contribution is 2.40. The van der Waals surface area contributed by atoms with Crippen LogP contribution in [0.15, 0.2) is 36.4 Å². The maximum Gasteiger partial charge on any atom is 0.416 e. The number of hydrogen-bond acceptors (Lipinski definition) is 3. The second-order valence-corrected chi connectivity index (χ2v) is 7.02. The molecule has 0 spiro atoms. The predicted octanol–water partition coefficient (Wildman–Crippen LogP) is 3.90. The largest absolute Gasteiger partial charge is 0.416 e. The fourth-order valence-corrected chi connectivity index (χ4v) is 3.54. The molecule has 0 aliphatic carbocycles. The van der Waals surface area contributed by atoms with Crippen molar-refractivity contribution >= 4 is 11.6 Å². The molecule has 27 heavy (non-hydrogen) atoms. The number of nitrogens with zero attached hydrogens (tertiary/aromatic N) is 1. The Morgan fingerprint density at radius 3 is 2.52 bits per heavy atom. The van der Waals surface area contributed by atoms with Gasteiger partial charge in [0.2, 0.25) is 5.91 Å². The number of likely N-dealkylation sites (N-methyl/N-ethyl adjacent to an activating group) is 1. The molecule has 1 heterocycles. The van der Waals surface area contributed by atoms with Crippen LogP contribution in [-0.4, -0.2) is 37.0 Å². The van der Waals surface area contributed by atoms with Gasteiger partial charge < -0.3 is 16.0 Å². The Morgan fingerprint density at radius 1 is 1.22 bits per heavy atom. The average molecular weight is 377 g/mol. The lowest BCUT2D eigenvalue weighted by molar-refractivity contribution is -0.137. The summed E-state index contributed by atoms with van der Waals surface area (Å²) in [6, 6.07) is 8.84. The third kappa shape index (κ3) is 4.08. The van der Waals surface area contributed by atoms with E-state index in [4.69, 9.17) is 5.73 Å². The summed E-state index contributed by atoms with van der Waals surface area (Å²) < 4.78 is 40.2. The molecular weight excluding hydrogens is 355 g/mol. The van der Waals surface area contributed by atoms with Crippen molar-refractivity contribution in [3.63, 3.8) is 0 Å². The monoisotopic (exact) mass is 377 g/mol. The van der Waals surface area contributed by atoms with Crippen molar-refractivity contribution in [1.29, 1.82) is 0 Å². The van der Waals surface area contributed by atoms with E-state index in [2.05, 4.69) is 10.2 Å². The molecule has 1 aliphatic rings. The minimum atomic E-state index is -4.48. The predicted molar refractivity (Wildman–Crippen MR) is 99.7 cm³/mol. The van der Waals surface area contributed by atoms with Gasteiger partial charge >= 0.3 is 6.18 Å². The topological polar surface area (TPSA) is 58.4 Å². The first-order valence-corrected chi connectivity index (χ1v) is 8.73. The fourth-order valence-electron chi connectivity index (χ4n) is 3.54. The number of amides is 1. The highest BCUT2D eigenvalue weighted by molar-refractivity contribution is 6.01. The van der Waals surface area contributed by atoms with E-state index in [0.717, 1.165) is 31.6 Å². The molecule has 0 bridgehead atoms. The number of nitrogens with one attached hydrogen (secondary N) is 1. The van der Waals surface area contributed by atoms with E-state index < -0.39 is 17.6 Å². The first kappa shape index (κ1) is 19.2. The van der Waals surface area contributed by atoms with Gasteiger partial charge in [-0.1, -0.05) is 18.2 Å². The molecule has 144 valence electrons. The standard InChI is InChI=1S/C20H22F3N3O/c1-12-9-13(20(21,22)23)10-17(15-5-3-4-6-16(15)19(24)27)18(12)25-14-7-8-26(2)11-14/h3-6,9-10,14,25H,7-8,11H2,1-2H3,(H2,24,27). The lowest BCUT2D eigenvalue weighted by Crippen LogP contribution is -2.24. The summed E-state index contributed by atoms with van der Waals surface area (Å²) in [7, 11) is 2.00. The Bertz CT molecular complexity index is 864. The molecule has 2 aromatic rings. The van der Waals surface area contributed by atoms with E-state index in [1.807, 2.05) is 7.05 Å². The molecule has 2 aromatic carbocycles. The molecule has 3 N–H and O–H groups in total. The third-order valence-electron chi connectivity index (χ3n) is 4.89. The van der Waals surface area contributed by atoms with Crippen LogP contribution in [-0.2, 0) is 6.18 Å². The number of benzene rings is 2. The van der Waals surface area contributed by atoms with Crippen molar-refractivity contribution in [2.75, 3.05) is 25.5 Å². The van der Waals surface area contributed by atoms with E-state index in [-0.39, 0.29) is 11.6 Å². The molecule has 4 nitrogen and oxygen atoms in total. The minimum Gasteiger partial charge on any atom is -0.380 e. The van der Waals surface area contributed by atoms with Gasteiger partial charge in [-0.25, -0.2) is 0 Å². The Hall–Kier alpha value is -2.54. The van der Waals surface area contributed by atoms with Crippen molar-refractivity contribution in [2.24, 2.45) is 5.73 Å². The first-order chi connectivity index (χ1) is 12.7. The zero-order valence-electron chi connectivity index (χ0n) is 15.2. The quantitative estimate of drug-likeness (QED) is 0.850. The van der Waals surface area contributed by atoms with Gasteiger partial charge in [0, 0.05) is 29.4 Å². The van der Waals surface area contributed by atoms with Crippen LogP contribution in [0.1, 0.15) is 27.9 Å². The second-order valence-electron chi connectivity index (χ2n) is 7.02. The highest BCUT2D eigenvalue weighted by atomic mass is 19.4. The van der Waals surface area contributed by atoms with Crippen LogP contribution in [0.2, 0.25) is 0 Å². The summed E-state index contributed by atoms with van der Waals surface area (Å²) in [5, 5.41) is 3.39. The molecule has 1 aliphatic heterocycles. The Morgan fingerprint density at radius 2 is 1.93 bits per heavy atom. The average Bonchev–Trinajstić information content (AvgIpc) is 3.00. The zero-order chi connectivity index (χ0) is 19.8. The van der Waals surface area contributed by atoms with Gasteiger partial charge in [0.1, 0.15) is 0 Å². The van der Waals surface area contributed by atoms with Crippen LogP contribution < -0.4 is 11.1 Å². The fraction of sp³-hybridized carbons (Fsp3) is 0.350. The molecule has 0 aromatic heterocycles. The van der Waals surface area contributed by atoms with Crippen molar-refractivity contribution < 1.29 is 18.0 Å². The number of primary amides is 1. The Kier molecular flexibility index (Phi) is 5.15. The lowest BCUT2D eigenvalue weighted by Gasteiger charge is -2.22. The van der Waals surface area contributed by atoms with Crippen molar-refractivity contribution in [2.45, 2.75) is 25.6 Å². The van der Waals surface area contributed by atoms with E-state index in [0.29, 0.717) is 22.4 Å². The van der Waals surface area contributed by atoms with Crippen LogP contribution in [0.3, 0.4) is 0 Å². The SMILES string of the molecule is Cc1cc(C(F)(F)F)cc(-c2ccccc2C(N)=O)c1NC1CCN(C)C1. The number of hydrogen-bond donors (Lipinski definition) is 2. The summed E-state index contributed by atoms with van der Waals surface area (Å²) in [6.07, 6.45) is -3.58. The third-order valence-corrected chi connectivity index (χ3v) is 4.89. The second kappa shape index (κ2) is 7.23. The van der Waals surface area contributed by atoms with Crippen LogP contribution in [0.25, 0.3) is 11.1 Å². The highest BCUT2D eigenvalue weighted by Gasteiger charge is 2.33. The van der Waals surface area contributed by atoms with Crippen molar-refractivity contribution in [3.05, 3.63) is 53.1 Å². The van der Waals surface area contributed by atoms with Gasteiger partial charge in [-0.3, -0.25) is 4.79 Å². The minimum absolute atomic E-state index is 0.130. The molecule has 1 atom stereocenters. The number of rotatable bonds is 4. The first-order valence-electron chi connectivity index (χ1n) is 8.73. The summed E-state index contributed by atoms with van der Waals surface area (Å²) in [4.78, 5) is 14.0. The van der Waals surface area contributed by atoms with Gasteiger partial charge in [0.25, 0.3) is 0 Å². The summed E-state index contributed by atoms with van der Waals surface area (Å²) >= 11 is 0. The van der Waals surface area contributed by atoms with Crippen molar-refractivity contribution in [3.8, 4) is 11.1 Å². The maximum absolute atomic E-state index is 13.4. The van der Waals surface area contributed by atoms with Gasteiger partial charge in [-0.05, 0) is 56.3 Å².